The van der Waals surface area contributed by atoms with Crippen molar-refractivity contribution in [2.45, 2.75) is 82.6 Å². The fourth-order valence-corrected chi connectivity index (χ4v) is 7.95. The number of hydrogen-bond donors (Lipinski definition) is 2. The second-order valence-corrected chi connectivity index (χ2v) is 13.3. The fourth-order valence-electron chi connectivity index (χ4n) is 7.95. The predicted octanol–water partition coefficient (Wildman–Crippen LogP) is 4.73. The van der Waals surface area contributed by atoms with Crippen LogP contribution in [0.1, 0.15) is 67.7 Å². The average Bonchev–Trinajstić information content (AvgIpc) is 3.74. The van der Waals surface area contributed by atoms with Crippen LogP contribution >= 0.6 is 0 Å². The van der Waals surface area contributed by atoms with Gasteiger partial charge in [-0.1, -0.05) is 60.7 Å². The van der Waals surface area contributed by atoms with Gasteiger partial charge in [-0.15, -0.1) is 13.2 Å². The minimum atomic E-state index is -1.20. The van der Waals surface area contributed by atoms with E-state index in [0.717, 1.165) is 16.8 Å². The second-order valence-electron chi connectivity index (χ2n) is 13.3. The Morgan fingerprint density at radius 2 is 1.82 bits per heavy atom. The van der Waals surface area contributed by atoms with Crippen molar-refractivity contribution >= 4 is 29.4 Å². The minimum absolute atomic E-state index is 0.0402. The maximum atomic E-state index is 14.9. The Morgan fingerprint density at radius 1 is 1.08 bits per heavy atom. The van der Waals surface area contributed by atoms with E-state index in [0.29, 0.717) is 50.6 Å². The number of unbranched alkanes of at least 4 members (excludes halogenated alkanes) is 2. The van der Waals surface area contributed by atoms with Gasteiger partial charge in [-0.05, 0) is 69.1 Å². The van der Waals surface area contributed by atoms with Crippen LogP contribution in [0.3, 0.4) is 0 Å². The Labute approximate surface area is 289 Å². The number of nitrogens with zero attached hydrogens (tertiary/aromatic N) is 2. The number of carbonyl (C=O) groups excluding carboxylic acids is 4. The molecule has 5 rings (SSSR count). The lowest BCUT2D eigenvalue weighted by atomic mass is 9.70. The van der Waals surface area contributed by atoms with E-state index in [1.807, 2.05) is 62.4 Å². The molecule has 10 heteroatoms. The Kier molecular flexibility index (Phi) is 11.7. The van der Waals surface area contributed by atoms with Crippen LogP contribution in [0, 0.1) is 25.7 Å². The number of benzene rings is 2. The van der Waals surface area contributed by atoms with E-state index >= 15 is 0 Å². The molecule has 262 valence electrons. The van der Waals surface area contributed by atoms with Crippen LogP contribution in [0.25, 0.3) is 0 Å². The molecule has 2 N–H and O–H groups in total. The zero-order chi connectivity index (χ0) is 35.1. The molecule has 0 unspecified atom stereocenters. The number of aliphatic hydroxyl groups excluding tert-OH is 1. The number of likely N-dealkylation sites (tertiary alicyclic amines) is 1. The third-order valence-corrected chi connectivity index (χ3v) is 10.1. The van der Waals surface area contributed by atoms with Crippen LogP contribution in [0.5, 0.6) is 0 Å². The van der Waals surface area contributed by atoms with Crippen molar-refractivity contribution in [1.82, 2.24) is 10.2 Å². The summed E-state index contributed by atoms with van der Waals surface area (Å²) >= 11 is 0. The smallest absolute Gasteiger partial charge is 0.313 e. The summed E-state index contributed by atoms with van der Waals surface area (Å²) in [6, 6.07) is 14.1. The number of nitrogens with one attached hydrogen (secondary N) is 1. The number of para-hydroxylation sites is 1. The Bertz CT molecular complexity index is 1520. The predicted molar refractivity (Wildman–Crippen MR) is 186 cm³/mol. The van der Waals surface area contributed by atoms with Gasteiger partial charge in [0.15, 0.2) is 0 Å². The van der Waals surface area contributed by atoms with Crippen molar-refractivity contribution in [2.24, 2.45) is 11.8 Å². The van der Waals surface area contributed by atoms with Gasteiger partial charge in [-0.2, -0.15) is 0 Å². The number of aliphatic hydroxyl groups is 1. The number of esters is 1. The summed E-state index contributed by atoms with van der Waals surface area (Å²) < 4.78 is 12.8. The third-order valence-electron chi connectivity index (χ3n) is 10.1. The second kappa shape index (κ2) is 16.0. The first-order valence-corrected chi connectivity index (χ1v) is 17.4. The van der Waals surface area contributed by atoms with Crippen LogP contribution in [0.15, 0.2) is 73.8 Å². The number of allylic oxidation sites excluding steroid dienone is 1. The number of aryl methyl sites for hydroxylation is 2. The molecule has 0 aliphatic carbocycles. The molecule has 3 aliphatic heterocycles. The summed E-state index contributed by atoms with van der Waals surface area (Å²) in [4.78, 5) is 59.4. The molecule has 3 amide bonds. The molecule has 0 radical (unpaired) electrons. The number of hydrogen-bond acceptors (Lipinski definition) is 7. The van der Waals surface area contributed by atoms with Crippen LogP contribution in [-0.2, 0) is 28.7 Å². The topological polar surface area (TPSA) is 125 Å². The van der Waals surface area contributed by atoms with Gasteiger partial charge in [-0.3, -0.25) is 19.2 Å². The summed E-state index contributed by atoms with van der Waals surface area (Å²) in [7, 11) is 0. The minimum Gasteiger partial charge on any atom is -0.455 e. The van der Waals surface area contributed by atoms with Gasteiger partial charge in [0.05, 0.1) is 24.5 Å². The highest BCUT2D eigenvalue weighted by atomic mass is 16.6. The Morgan fingerprint density at radius 3 is 2.49 bits per heavy atom. The summed E-state index contributed by atoms with van der Waals surface area (Å²) in [5, 5.41) is 12.2. The third kappa shape index (κ3) is 7.21. The van der Waals surface area contributed by atoms with Crippen molar-refractivity contribution in [3.05, 3.63) is 90.5 Å². The van der Waals surface area contributed by atoms with Gasteiger partial charge < -0.3 is 29.7 Å². The van der Waals surface area contributed by atoms with E-state index in [-0.39, 0.29) is 43.8 Å². The first-order valence-electron chi connectivity index (χ1n) is 17.4. The molecule has 49 heavy (non-hydrogen) atoms. The summed E-state index contributed by atoms with van der Waals surface area (Å²) in [6.07, 6.45) is 5.58. The van der Waals surface area contributed by atoms with Crippen molar-refractivity contribution in [3.8, 4) is 0 Å². The van der Waals surface area contributed by atoms with Crippen LogP contribution < -0.4 is 10.2 Å². The van der Waals surface area contributed by atoms with Gasteiger partial charge in [0.25, 0.3) is 5.91 Å². The normalized spacial score (nSPS) is 24.3. The van der Waals surface area contributed by atoms with E-state index in [1.165, 1.54) is 0 Å². The van der Waals surface area contributed by atoms with E-state index in [1.54, 1.807) is 22.0 Å². The van der Waals surface area contributed by atoms with E-state index < -0.39 is 41.7 Å². The molecular formula is C39H49N3O7. The van der Waals surface area contributed by atoms with E-state index in [9.17, 15) is 24.3 Å². The summed E-state index contributed by atoms with van der Waals surface area (Å²) in [6.45, 7) is 12.1. The van der Waals surface area contributed by atoms with Gasteiger partial charge >= 0.3 is 5.97 Å². The molecule has 3 fully saturated rings. The highest BCUT2D eigenvalue weighted by Gasteiger charge is 2.75. The number of amides is 3. The lowest BCUT2D eigenvalue weighted by molar-refractivity contribution is -0.160. The van der Waals surface area contributed by atoms with Gasteiger partial charge in [-0.25, -0.2) is 0 Å². The van der Waals surface area contributed by atoms with Gasteiger partial charge in [0.1, 0.15) is 17.7 Å². The average molecular weight is 672 g/mol. The monoisotopic (exact) mass is 671 g/mol. The lowest BCUT2D eigenvalue weighted by Crippen LogP contribution is -2.56. The molecule has 0 aromatic heterocycles. The molecular weight excluding hydrogens is 622 g/mol. The van der Waals surface area contributed by atoms with Crippen LogP contribution in [-0.4, -0.2) is 77.7 Å². The lowest BCUT2D eigenvalue weighted by Gasteiger charge is -2.37. The molecule has 3 heterocycles. The Hall–Kier alpha value is -4.28. The summed E-state index contributed by atoms with van der Waals surface area (Å²) in [5.41, 5.74) is 2.12. The molecule has 3 aliphatic rings. The fraction of sp³-hybridized carbons (Fsp3) is 0.487. The SMILES string of the molecule is C=CCCC(=O)NC[C@@H](OC(=O)[C@@H]1[C@@H]2CC[C@]3(O2)[C@H](C(=O)N(CC=C)c2c(C)cccc2C)N(CCCCCO)C(=O)[C@@H]13)c1ccccc1. The zero-order valence-corrected chi connectivity index (χ0v) is 28.6. The summed E-state index contributed by atoms with van der Waals surface area (Å²) in [5.74, 6) is -3.13. The van der Waals surface area contributed by atoms with Crippen molar-refractivity contribution in [3.63, 3.8) is 0 Å². The molecule has 3 saturated heterocycles. The van der Waals surface area contributed by atoms with Crippen molar-refractivity contribution < 1.29 is 33.8 Å². The maximum Gasteiger partial charge on any atom is 0.313 e. The Balaban J connectivity index is 1.47. The molecule has 2 aromatic carbocycles. The highest BCUT2D eigenvalue weighted by molar-refractivity contribution is 6.05. The standard InChI is InChI=1S/C39H49N3O7/c1-5-7-19-31(44)40-25-30(28-17-10-8-11-18-28)48-38(47)32-29-20-21-39(49-29)33(32)36(45)42(23-12-9-13-24-43)35(39)37(46)41(22-6-2)34-26(3)15-14-16-27(34)4/h5-6,8,10-11,14-18,29-30,32-33,35,43H,1-2,7,9,12-13,19-25H2,3-4H3,(H,40,44)/t29-,30+,32+,33+,35-,39+/m0/s1. The number of anilines is 1. The number of carbonyl (C=O) groups is 4. The first kappa shape index (κ1) is 36.0. The van der Waals surface area contributed by atoms with E-state index in [2.05, 4.69) is 18.5 Å². The quantitative estimate of drug-likeness (QED) is 0.142. The van der Waals surface area contributed by atoms with Gasteiger partial charge in [0.2, 0.25) is 11.8 Å². The molecule has 6 atom stereocenters. The number of rotatable bonds is 17. The van der Waals surface area contributed by atoms with Gasteiger partial charge in [0, 0.05) is 31.8 Å². The van der Waals surface area contributed by atoms with Crippen molar-refractivity contribution in [1.29, 1.82) is 0 Å². The number of ether oxygens (including phenoxy) is 2. The highest BCUT2D eigenvalue weighted by Crippen LogP contribution is 2.59. The zero-order valence-electron chi connectivity index (χ0n) is 28.6. The maximum absolute atomic E-state index is 14.9. The first-order chi connectivity index (χ1) is 23.7. The molecule has 10 nitrogen and oxygen atoms in total. The molecule has 2 bridgehead atoms. The number of fused-ring (bicyclic) bond motifs is 1. The molecule has 0 saturated carbocycles. The van der Waals surface area contributed by atoms with E-state index in [4.69, 9.17) is 9.47 Å². The van der Waals surface area contributed by atoms with Crippen molar-refractivity contribution in [2.75, 3.05) is 31.1 Å². The molecule has 2 aromatic rings. The largest absolute Gasteiger partial charge is 0.455 e. The van der Waals surface area contributed by atoms with Crippen LogP contribution in [0.4, 0.5) is 5.69 Å². The van der Waals surface area contributed by atoms with Crippen LogP contribution in [0.2, 0.25) is 0 Å². The molecule has 1 spiro atoms.